The molecular weight excluding hydrogens is 289 g/mol. The topological polar surface area (TPSA) is 40.6 Å². The lowest BCUT2D eigenvalue weighted by Gasteiger charge is -2.21. The van der Waals surface area contributed by atoms with Crippen LogP contribution in [0.2, 0.25) is 0 Å². The predicted octanol–water partition coefficient (Wildman–Crippen LogP) is 3.16. The first-order valence-electron chi connectivity index (χ1n) is 5.25. The average molecular weight is 303 g/mol. The van der Waals surface area contributed by atoms with E-state index < -0.39 is 7.94 Å². The molecule has 18 heavy (non-hydrogen) atoms. The van der Waals surface area contributed by atoms with Crippen molar-refractivity contribution in [1.82, 2.24) is 4.98 Å². The highest BCUT2D eigenvalue weighted by atomic mass is 32.2. The van der Waals surface area contributed by atoms with Crippen molar-refractivity contribution < 1.29 is 13.6 Å². The van der Waals surface area contributed by atoms with Crippen molar-refractivity contribution in [3.8, 4) is 0 Å². The Morgan fingerprint density at radius 3 is 2.39 bits per heavy atom. The van der Waals surface area contributed by atoms with Crippen LogP contribution in [0.4, 0.5) is 0 Å². The van der Waals surface area contributed by atoms with Gasteiger partial charge in [-0.3, -0.25) is 4.98 Å². The summed E-state index contributed by atoms with van der Waals surface area (Å²) in [5.74, 6) is 0. The summed E-state index contributed by atoms with van der Waals surface area (Å²) in [6, 6.07) is 0. The Labute approximate surface area is 117 Å². The van der Waals surface area contributed by atoms with Gasteiger partial charge in [0.05, 0.1) is 27.0 Å². The zero-order valence-electron chi connectivity index (χ0n) is 10.3. The molecule has 0 amide bonds. The fraction of sp³-hybridized carbons (Fsp3) is 0.364. The molecule has 0 spiro atoms. The number of hydrogen-bond donors (Lipinski definition) is 0. The summed E-state index contributed by atoms with van der Waals surface area (Å²) in [5, 5.41) is 0. The van der Waals surface area contributed by atoms with Crippen molar-refractivity contribution in [2.75, 3.05) is 21.3 Å². The van der Waals surface area contributed by atoms with E-state index in [-0.39, 0.29) is 5.66 Å². The van der Waals surface area contributed by atoms with Gasteiger partial charge in [0, 0.05) is 0 Å². The normalized spacial score (nSPS) is 18.7. The number of rotatable bonds is 4. The molecule has 1 aromatic rings. The Kier molecular flexibility index (Phi) is 4.48. The summed E-state index contributed by atoms with van der Waals surface area (Å²) in [5.41, 5.74) is 0.845. The van der Waals surface area contributed by atoms with Crippen LogP contribution in [0.5, 0.6) is 0 Å². The highest BCUT2D eigenvalue weighted by Crippen LogP contribution is 2.65. The van der Waals surface area contributed by atoms with E-state index in [0.717, 1.165) is 10.6 Å². The summed E-state index contributed by atoms with van der Waals surface area (Å²) in [4.78, 5) is 5.35. The van der Waals surface area contributed by atoms with Gasteiger partial charge in [-0.2, -0.15) is 13.6 Å². The van der Waals surface area contributed by atoms with Gasteiger partial charge in [-0.25, -0.2) is 0 Å². The lowest BCUT2D eigenvalue weighted by atomic mass is 10.3. The van der Waals surface area contributed by atoms with Gasteiger partial charge in [-0.1, -0.05) is 6.08 Å². The van der Waals surface area contributed by atoms with Crippen LogP contribution in [-0.4, -0.2) is 32.0 Å². The van der Waals surface area contributed by atoms with Crippen molar-refractivity contribution >= 4 is 44.1 Å². The highest BCUT2D eigenvalue weighted by molar-refractivity contribution is 7.63. The minimum atomic E-state index is -2.38. The quantitative estimate of drug-likeness (QED) is 0.631. The molecule has 1 aromatic heterocycles. The Morgan fingerprint density at radius 2 is 1.78 bits per heavy atom. The first kappa shape index (κ1) is 14.1. The summed E-state index contributed by atoms with van der Waals surface area (Å²) < 4.78 is 17.0. The number of allylic oxidation sites excluding steroid dienone is 2. The molecule has 1 unspecified atom stereocenters. The van der Waals surface area contributed by atoms with Crippen molar-refractivity contribution in [2.24, 2.45) is 0 Å². The van der Waals surface area contributed by atoms with Gasteiger partial charge >= 0.3 is 7.94 Å². The van der Waals surface area contributed by atoms with Gasteiger partial charge in [0.15, 0.2) is 5.66 Å². The second-order valence-electron chi connectivity index (χ2n) is 3.53. The van der Waals surface area contributed by atoms with E-state index in [1.165, 1.54) is 11.3 Å². The number of fused-ring (bicyclic) bond motifs is 1. The fourth-order valence-corrected chi connectivity index (χ4v) is 4.64. The second kappa shape index (κ2) is 5.74. The standard InChI is InChI=1S/C11H14NO3PS2/c1-13-16(14-2,15-3)8-4-6-9-10(7-5-8)18-11(17)12-9/h4-8H,1-3H3. The highest BCUT2D eigenvalue weighted by Gasteiger charge is 2.48. The smallest absolute Gasteiger partial charge is 0.408 e. The third-order valence-corrected chi connectivity index (χ3v) is 6.46. The first-order chi connectivity index (χ1) is 8.65. The van der Waals surface area contributed by atoms with Crippen molar-refractivity contribution in [2.45, 2.75) is 10.00 Å². The lowest BCUT2D eigenvalue weighted by molar-refractivity contribution is 0.208. The van der Waals surface area contributed by atoms with E-state index in [1.807, 2.05) is 24.3 Å². The van der Waals surface area contributed by atoms with Crippen LogP contribution < -0.4 is 0 Å². The fourth-order valence-electron chi connectivity index (χ4n) is 1.80. The van der Waals surface area contributed by atoms with Gasteiger partial charge in [0.25, 0.3) is 0 Å². The molecule has 7 heteroatoms. The molecule has 0 aromatic carbocycles. The third-order valence-electron chi connectivity index (χ3n) is 2.69. The SMILES string of the molecule is CO[P+](OC)(OC)C1C=Cc2nc([S-])sc2C=C1. The molecule has 2 rings (SSSR count). The Hall–Kier alpha value is -0.360. The van der Waals surface area contributed by atoms with E-state index in [2.05, 4.69) is 4.98 Å². The molecule has 1 atom stereocenters. The van der Waals surface area contributed by atoms with E-state index in [0.29, 0.717) is 4.34 Å². The Morgan fingerprint density at radius 1 is 1.17 bits per heavy atom. The molecule has 98 valence electrons. The maximum atomic E-state index is 5.46. The van der Waals surface area contributed by atoms with E-state index >= 15 is 0 Å². The molecule has 1 aliphatic carbocycles. The number of nitrogens with zero attached hydrogens (tertiary/aromatic N) is 1. The summed E-state index contributed by atoms with van der Waals surface area (Å²) in [6.45, 7) is 0. The summed E-state index contributed by atoms with van der Waals surface area (Å²) >= 11 is 6.56. The summed E-state index contributed by atoms with van der Waals surface area (Å²) in [7, 11) is 2.42. The molecule has 1 heterocycles. The van der Waals surface area contributed by atoms with Crippen LogP contribution >= 0.6 is 19.3 Å². The van der Waals surface area contributed by atoms with Crippen LogP contribution in [0.3, 0.4) is 0 Å². The van der Waals surface area contributed by atoms with Crippen LogP contribution in [0.1, 0.15) is 10.6 Å². The summed E-state index contributed by atoms with van der Waals surface area (Å²) in [6.07, 6.45) is 7.94. The van der Waals surface area contributed by atoms with E-state index in [1.54, 1.807) is 21.3 Å². The zero-order chi connectivity index (χ0) is 13.2. The Bertz CT molecular complexity index is 443. The monoisotopic (exact) mass is 303 g/mol. The molecular formula is C11H14NO3PS2. The zero-order valence-corrected chi connectivity index (χ0v) is 12.8. The number of hydrogen-bond acceptors (Lipinski definition) is 6. The number of thiazole rings is 1. The minimum Gasteiger partial charge on any atom is -0.408 e. The molecule has 4 nitrogen and oxygen atoms in total. The van der Waals surface area contributed by atoms with Gasteiger partial charge in [0.1, 0.15) is 0 Å². The van der Waals surface area contributed by atoms with Crippen molar-refractivity contribution in [3.05, 3.63) is 22.7 Å². The van der Waals surface area contributed by atoms with Gasteiger partial charge in [-0.05, 0) is 27.4 Å². The van der Waals surface area contributed by atoms with Crippen LogP contribution in [-0.2, 0) is 26.2 Å². The maximum absolute atomic E-state index is 5.46. The number of aromatic nitrogens is 1. The second-order valence-corrected chi connectivity index (χ2v) is 7.97. The molecule has 1 aliphatic rings. The van der Waals surface area contributed by atoms with E-state index in [4.69, 9.17) is 26.2 Å². The molecule has 0 bridgehead atoms. The predicted molar refractivity (Wildman–Crippen MR) is 77.5 cm³/mol. The first-order valence-corrected chi connectivity index (χ1v) is 8.09. The molecule has 0 saturated carbocycles. The molecule has 0 N–H and O–H groups in total. The van der Waals surface area contributed by atoms with Crippen LogP contribution in [0.15, 0.2) is 16.5 Å². The Balaban J connectivity index is 2.33. The maximum Gasteiger partial charge on any atom is 0.421 e. The average Bonchev–Trinajstić information content (AvgIpc) is 2.63. The van der Waals surface area contributed by atoms with Crippen molar-refractivity contribution in [1.29, 1.82) is 0 Å². The minimum absolute atomic E-state index is 0.0486. The van der Waals surface area contributed by atoms with Crippen LogP contribution in [0, 0.1) is 0 Å². The molecule has 0 fully saturated rings. The van der Waals surface area contributed by atoms with Gasteiger partial charge < -0.3 is 24.0 Å². The molecule has 0 saturated heterocycles. The van der Waals surface area contributed by atoms with Crippen LogP contribution in [0.25, 0.3) is 12.2 Å². The largest absolute Gasteiger partial charge is 0.421 e. The van der Waals surface area contributed by atoms with Gasteiger partial charge in [-0.15, -0.1) is 0 Å². The molecule has 0 radical (unpaired) electrons. The van der Waals surface area contributed by atoms with Crippen molar-refractivity contribution in [3.63, 3.8) is 0 Å². The lowest BCUT2D eigenvalue weighted by Crippen LogP contribution is -2.13. The van der Waals surface area contributed by atoms with Gasteiger partial charge in [0.2, 0.25) is 0 Å². The molecule has 0 aliphatic heterocycles. The third kappa shape index (κ3) is 2.50. The van der Waals surface area contributed by atoms with E-state index in [9.17, 15) is 0 Å².